The Balaban J connectivity index is 1.84. The van der Waals surface area contributed by atoms with Gasteiger partial charge in [-0.3, -0.25) is 9.59 Å². The quantitative estimate of drug-likeness (QED) is 0.784. The van der Waals surface area contributed by atoms with E-state index in [1.807, 2.05) is 7.05 Å². The summed E-state index contributed by atoms with van der Waals surface area (Å²) < 4.78 is 5.09. The molecule has 2 fully saturated rings. The monoisotopic (exact) mass is 291 g/mol. The third kappa shape index (κ3) is 2.13. The average molecular weight is 291 g/mol. The topological polar surface area (TPSA) is 66.7 Å². The van der Waals surface area contributed by atoms with Crippen molar-refractivity contribution in [2.24, 2.45) is 5.41 Å². The van der Waals surface area contributed by atoms with Gasteiger partial charge >= 0.3 is 0 Å². The van der Waals surface area contributed by atoms with Gasteiger partial charge in [-0.05, 0) is 33.1 Å². The molecule has 2 amide bonds. The molecule has 6 nitrogen and oxygen atoms in total. The molecule has 6 heteroatoms. The van der Waals surface area contributed by atoms with Gasteiger partial charge in [0.15, 0.2) is 0 Å². The van der Waals surface area contributed by atoms with Crippen molar-refractivity contribution in [3.8, 4) is 0 Å². The molecule has 1 spiro atoms. The average Bonchev–Trinajstić information content (AvgIpc) is 2.94. The number of piperidine rings is 1. The Morgan fingerprint density at radius 3 is 2.62 bits per heavy atom. The van der Waals surface area contributed by atoms with Gasteiger partial charge in [-0.15, -0.1) is 0 Å². The van der Waals surface area contributed by atoms with Crippen molar-refractivity contribution in [2.45, 2.75) is 33.1 Å². The van der Waals surface area contributed by atoms with Crippen LogP contribution in [0.25, 0.3) is 0 Å². The van der Waals surface area contributed by atoms with Crippen LogP contribution in [-0.4, -0.2) is 53.5 Å². The van der Waals surface area contributed by atoms with E-state index in [2.05, 4.69) is 5.16 Å². The fraction of sp³-hybridized carbons (Fsp3) is 0.667. The van der Waals surface area contributed by atoms with E-state index in [-0.39, 0.29) is 17.2 Å². The molecule has 3 heterocycles. The van der Waals surface area contributed by atoms with Crippen LogP contribution in [0.3, 0.4) is 0 Å². The molecule has 1 atom stereocenters. The maximum absolute atomic E-state index is 12.7. The van der Waals surface area contributed by atoms with Crippen LogP contribution < -0.4 is 0 Å². The van der Waals surface area contributed by atoms with E-state index in [9.17, 15) is 9.59 Å². The predicted molar refractivity (Wildman–Crippen MR) is 75.8 cm³/mol. The highest BCUT2D eigenvalue weighted by Crippen LogP contribution is 2.40. The highest BCUT2D eigenvalue weighted by atomic mass is 16.5. The molecule has 2 aliphatic rings. The Morgan fingerprint density at radius 1 is 1.29 bits per heavy atom. The Labute approximate surface area is 124 Å². The summed E-state index contributed by atoms with van der Waals surface area (Å²) in [6.45, 7) is 5.52. The summed E-state index contributed by atoms with van der Waals surface area (Å²) in [7, 11) is 1.84. The number of carbonyl (C=O) groups excluding carboxylic acids is 2. The number of aryl methyl sites for hydroxylation is 2. The van der Waals surface area contributed by atoms with Gasteiger partial charge in [-0.25, -0.2) is 0 Å². The zero-order valence-electron chi connectivity index (χ0n) is 12.8. The van der Waals surface area contributed by atoms with Crippen molar-refractivity contribution in [2.75, 3.05) is 26.7 Å². The van der Waals surface area contributed by atoms with Gasteiger partial charge in [-0.1, -0.05) is 5.16 Å². The van der Waals surface area contributed by atoms with Crippen molar-refractivity contribution in [1.29, 1.82) is 0 Å². The van der Waals surface area contributed by atoms with Crippen LogP contribution in [0.2, 0.25) is 0 Å². The molecular formula is C15H21N3O3. The van der Waals surface area contributed by atoms with E-state index in [4.69, 9.17) is 4.52 Å². The van der Waals surface area contributed by atoms with Crippen molar-refractivity contribution >= 4 is 11.8 Å². The Bertz CT molecular complexity index is 571. The number of aromatic nitrogens is 1. The van der Waals surface area contributed by atoms with Gasteiger partial charge in [0.05, 0.1) is 11.1 Å². The second-order valence-corrected chi connectivity index (χ2v) is 6.29. The first-order valence-corrected chi connectivity index (χ1v) is 7.42. The maximum Gasteiger partial charge on any atom is 0.259 e. The minimum absolute atomic E-state index is 0.0623. The lowest BCUT2D eigenvalue weighted by atomic mass is 9.78. The lowest BCUT2D eigenvalue weighted by Gasteiger charge is -2.38. The first-order valence-electron chi connectivity index (χ1n) is 7.42. The molecule has 3 rings (SSSR count). The number of carbonyl (C=O) groups is 2. The van der Waals surface area contributed by atoms with E-state index in [1.165, 1.54) is 0 Å². The van der Waals surface area contributed by atoms with Crippen LogP contribution in [0.1, 0.15) is 41.1 Å². The van der Waals surface area contributed by atoms with Gasteiger partial charge in [0.2, 0.25) is 5.91 Å². The Hall–Kier alpha value is -1.85. The molecule has 0 radical (unpaired) electrons. The largest absolute Gasteiger partial charge is 0.361 e. The van der Waals surface area contributed by atoms with Crippen molar-refractivity contribution in [1.82, 2.24) is 15.0 Å². The highest BCUT2D eigenvalue weighted by Gasteiger charge is 2.48. The molecule has 114 valence electrons. The molecule has 2 saturated heterocycles. The van der Waals surface area contributed by atoms with Crippen LogP contribution in [0.4, 0.5) is 0 Å². The molecule has 0 bridgehead atoms. The summed E-state index contributed by atoms with van der Waals surface area (Å²) in [5.74, 6) is 0.665. The third-order valence-electron chi connectivity index (χ3n) is 4.84. The molecule has 1 aromatic rings. The smallest absolute Gasteiger partial charge is 0.259 e. The summed E-state index contributed by atoms with van der Waals surface area (Å²) in [4.78, 5) is 28.7. The van der Waals surface area contributed by atoms with E-state index >= 15 is 0 Å². The molecule has 1 aromatic heterocycles. The minimum atomic E-state index is -0.373. The fourth-order valence-corrected chi connectivity index (χ4v) is 3.63. The summed E-state index contributed by atoms with van der Waals surface area (Å²) in [6.07, 6.45) is 2.59. The summed E-state index contributed by atoms with van der Waals surface area (Å²) in [6, 6.07) is 0. The fourth-order valence-electron chi connectivity index (χ4n) is 3.63. The predicted octanol–water partition coefficient (Wildman–Crippen LogP) is 1.38. The van der Waals surface area contributed by atoms with Crippen molar-refractivity contribution in [3.63, 3.8) is 0 Å². The van der Waals surface area contributed by atoms with Gasteiger partial charge in [0, 0.05) is 26.7 Å². The zero-order valence-corrected chi connectivity index (χ0v) is 12.8. The molecule has 0 aromatic carbocycles. The van der Waals surface area contributed by atoms with Gasteiger partial charge in [0.25, 0.3) is 5.91 Å². The molecular weight excluding hydrogens is 270 g/mol. The first-order chi connectivity index (χ1) is 9.94. The van der Waals surface area contributed by atoms with E-state index in [0.29, 0.717) is 30.1 Å². The van der Waals surface area contributed by atoms with Crippen LogP contribution in [0, 0.1) is 19.3 Å². The van der Waals surface area contributed by atoms with Gasteiger partial charge in [-0.2, -0.15) is 0 Å². The van der Waals surface area contributed by atoms with Crippen molar-refractivity contribution in [3.05, 3.63) is 17.0 Å². The molecule has 2 aliphatic heterocycles. The maximum atomic E-state index is 12.7. The molecule has 1 unspecified atom stereocenters. The Kier molecular flexibility index (Phi) is 3.26. The van der Waals surface area contributed by atoms with Crippen LogP contribution in [-0.2, 0) is 4.79 Å². The van der Waals surface area contributed by atoms with Crippen LogP contribution >= 0.6 is 0 Å². The number of rotatable bonds is 1. The molecule has 21 heavy (non-hydrogen) atoms. The Morgan fingerprint density at radius 2 is 2.05 bits per heavy atom. The van der Waals surface area contributed by atoms with E-state index < -0.39 is 0 Å². The van der Waals surface area contributed by atoms with E-state index in [0.717, 1.165) is 25.8 Å². The lowest BCUT2D eigenvalue weighted by molar-refractivity contribution is -0.137. The summed E-state index contributed by atoms with van der Waals surface area (Å²) in [5, 5.41) is 3.85. The number of nitrogens with zero attached hydrogens (tertiary/aromatic N) is 3. The zero-order chi connectivity index (χ0) is 15.2. The van der Waals surface area contributed by atoms with Crippen LogP contribution in [0.15, 0.2) is 4.52 Å². The second-order valence-electron chi connectivity index (χ2n) is 6.29. The number of hydrogen-bond donors (Lipinski definition) is 0. The minimum Gasteiger partial charge on any atom is -0.361 e. The first kappa shape index (κ1) is 14.1. The highest BCUT2D eigenvalue weighted by molar-refractivity contribution is 5.97. The summed E-state index contributed by atoms with van der Waals surface area (Å²) >= 11 is 0. The normalized spacial score (nSPS) is 26.0. The van der Waals surface area contributed by atoms with E-state index in [1.54, 1.807) is 23.6 Å². The standard InChI is InChI=1S/C15H21N3O3/c1-10-12(11(2)21-16-10)13(19)18-7-4-5-15(9-18)6-8-17(3)14(15)20/h4-9H2,1-3H3. The molecule has 0 saturated carbocycles. The van der Waals surface area contributed by atoms with Gasteiger partial charge in [0.1, 0.15) is 11.3 Å². The number of amides is 2. The lowest BCUT2D eigenvalue weighted by Crippen LogP contribution is -2.49. The van der Waals surface area contributed by atoms with Gasteiger partial charge < -0.3 is 14.3 Å². The SMILES string of the molecule is Cc1noc(C)c1C(=O)N1CCCC2(CCN(C)C2=O)C1. The molecule has 0 aliphatic carbocycles. The van der Waals surface area contributed by atoms with Crippen LogP contribution in [0.5, 0.6) is 0 Å². The molecule has 0 N–H and O–H groups in total. The number of likely N-dealkylation sites (tertiary alicyclic amines) is 2. The third-order valence-corrected chi connectivity index (χ3v) is 4.84. The van der Waals surface area contributed by atoms with Crippen molar-refractivity contribution < 1.29 is 14.1 Å². The summed E-state index contributed by atoms with van der Waals surface area (Å²) in [5.41, 5.74) is 0.791. The second kappa shape index (κ2) is 4.86. The number of hydrogen-bond acceptors (Lipinski definition) is 4.